The molecule has 3 rings (SSSR count). The van der Waals surface area contributed by atoms with Gasteiger partial charge in [-0.3, -0.25) is 9.59 Å². The molecule has 1 aliphatic rings. The molecule has 0 aromatic heterocycles. The minimum atomic E-state index is -0.729. The van der Waals surface area contributed by atoms with E-state index in [1.807, 2.05) is 44.2 Å². The van der Waals surface area contributed by atoms with Crippen LogP contribution in [-0.2, 0) is 80.0 Å². The molecule has 33 heteroatoms. The average Bonchev–Trinajstić information content (AvgIpc) is 4.13. The Morgan fingerprint density at radius 1 is 0.517 bits per heavy atom. The van der Waals surface area contributed by atoms with E-state index in [0.29, 0.717) is 93.9 Å². The number of carbonyl (C=O) groups is 14. The number of thiol groups is 2. The molecule has 0 radical (unpaired) electrons. The Kier molecular flexibility index (Phi) is 124. The highest BCUT2D eigenvalue weighted by Gasteiger charge is 2.11. The van der Waals surface area contributed by atoms with Crippen LogP contribution >= 0.6 is 25.3 Å². The molecule has 0 spiro atoms. The van der Waals surface area contributed by atoms with Crippen LogP contribution < -0.4 is 91.3 Å². The van der Waals surface area contributed by atoms with Crippen LogP contribution in [0.2, 0.25) is 0 Å². The van der Waals surface area contributed by atoms with Gasteiger partial charge in [0.05, 0.1) is 48.3 Å². The van der Waals surface area contributed by atoms with Crippen LogP contribution in [0, 0.1) is 0 Å². The number of nitrogens with two attached hydrogens (primary N) is 15. The number of rotatable bonds is 27. The Bertz CT molecular complexity index is 1830. The molecule has 2 aromatic rings. The molecule has 0 aliphatic carbocycles. The molecule has 0 saturated carbocycles. The number of primary amides is 2. The van der Waals surface area contributed by atoms with Crippen molar-refractivity contribution in [3.63, 3.8) is 0 Å². The summed E-state index contributed by atoms with van der Waals surface area (Å²) in [6.45, 7) is 6.26. The van der Waals surface area contributed by atoms with Gasteiger partial charge >= 0.3 is 0 Å². The zero-order chi connectivity index (χ0) is 70.8. The Labute approximate surface area is 537 Å². The second-order valence-electron chi connectivity index (χ2n) is 15.9. The molecule has 2 aromatic carbocycles. The van der Waals surface area contributed by atoms with Gasteiger partial charge in [0.25, 0.3) is 0 Å². The van der Waals surface area contributed by atoms with Gasteiger partial charge in [0.2, 0.25) is 11.8 Å². The molecule has 0 unspecified atom stereocenters. The largest absolute Gasteiger partial charge is 0.508 e. The number of phenols is 1. The van der Waals surface area contributed by atoms with Crippen LogP contribution in [0.1, 0.15) is 83.8 Å². The van der Waals surface area contributed by atoms with Crippen LogP contribution in [0.5, 0.6) is 5.75 Å². The maximum Gasteiger partial charge on any atom is 0.219 e. The van der Waals surface area contributed by atoms with Gasteiger partial charge in [-0.1, -0.05) is 70.2 Å². The highest BCUT2D eigenvalue weighted by molar-refractivity contribution is 7.80. The summed E-state index contributed by atoms with van der Waals surface area (Å²) in [6, 6.07) is 13.4. The first-order valence-corrected chi connectivity index (χ1v) is 28.2. The minimum Gasteiger partial charge on any atom is -0.508 e. The van der Waals surface area contributed by atoms with E-state index < -0.39 is 29.9 Å². The van der Waals surface area contributed by atoms with E-state index in [9.17, 15) is 47.9 Å². The molecule has 518 valence electrons. The van der Waals surface area contributed by atoms with Crippen molar-refractivity contribution in [2.75, 3.05) is 57.8 Å². The van der Waals surface area contributed by atoms with Gasteiger partial charge < -0.3 is 154 Å². The van der Waals surface area contributed by atoms with Crippen molar-refractivity contribution in [2.24, 2.45) is 86.0 Å². The lowest BCUT2D eigenvalue weighted by Gasteiger charge is -2.03. The quantitative estimate of drug-likeness (QED) is 0.0226. The number of aromatic hydroxyl groups is 1. The molecule has 31 nitrogen and oxygen atoms in total. The third-order valence-corrected chi connectivity index (χ3v) is 9.01. The van der Waals surface area contributed by atoms with Crippen molar-refractivity contribution in [1.29, 1.82) is 0 Å². The van der Waals surface area contributed by atoms with E-state index in [4.69, 9.17) is 81.6 Å². The molecule has 0 bridgehead atoms. The molecule has 32 N–H and O–H groups in total. The van der Waals surface area contributed by atoms with Gasteiger partial charge in [0.15, 0.2) is 0 Å². The predicted molar refractivity (Wildman–Crippen MR) is 359 cm³/mol. The van der Waals surface area contributed by atoms with Crippen molar-refractivity contribution >= 4 is 113 Å². The van der Waals surface area contributed by atoms with E-state index in [1.54, 1.807) is 24.3 Å². The van der Waals surface area contributed by atoms with Gasteiger partial charge in [-0.2, -0.15) is 25.3 Å². The second kappa shape index (κ2) is 100. The number of carbonyl (C=O) groups excluding carboxylic acids is 14. The zero-order valence-corrected chi connectivity index (χ0v) is 53.0. The van der Waals surface area contributed by atoms with Gasteiger partial charge in [0.1, 0.15) is 81.2 Å². The Morgan fingerprint density at radius 3 is 1.08 bits per heavy atom. The molecule has 1 saturated heterocycles. The highest BCUT2D eigenvalue weighted by atomic mass is 32.1. The maximum atomic E-state index is 10.2. The highest BCUT2D eigenvalue weighted by Crippen LogP contribution is 2.10. The fraction of sp³-hybridized carbons (Fsp3) is 0.536. The number of phenolic OH excluding ortho intramolecular Hbond substituents is 1. The van der Waals surface area contributed by atoms with E-state index in [2.05, 4.69) is 59.2 Å². The molecule has 1 fully saturated rings. The normalized spacial score (nSPS) is 12.4. The van der Waals surface area contributed by atoms with Gasteiger partial charge in [0, 0.05) is 50.5 Å². The average molecular weight is 1310 g/mol. The van der Waals surface area contributed by atoms with Crippen LogP contribution in [-0.4, -0.2) is 199 Å². The SMILES string of the molecule is C.CC.CN.NC(=O)CC[C@H](N)C=O.NC(=O)C[C@H](N)C=O.NCC=O.NCC=O.NCC=O.NCC=O.NCCCC[C@H](N)C=O.N[C@H](C=O)CS.N[C@H](C=O)CS.N[C@H](C=O)Cc1ccc(O)cc1.N[C@H](C=O)Cc1ccccc1.O=C[C@@H]1CCCN1. The van der Waals surface area contributed by atoms with Gasteiger partial charge in [-0.25, -0.2) is 0 Å². The topological polar surface area (TPSA) is 662 Å². The van der Waals surface area contributed by atoms with Crippen LogP contribution in [0.15, 0.2) is 54.6 Å². The summed E-state index contributed by atoms with van der Waals surface area (Å²) < 4.78 is 0. The lowest BCUT2D eigenvalue weighted by Crippen LogP contribution is -2.28. The van der Waals surface area contributed by atoms with E-state index in [-0.39, 0.29) is 82.4 Å². The number of hydrogen-bond donors (Lipinski definition) is 19. The number of benzene rings is 2. The summed E-state index contributed by atoms with van der Waals surface area (Å²) in [5, 5.41) is 12.0. The van der Waals surface area contributed by atoms with Crippen LogP contribution in [0.3, 0.4) is 0 Å². The minimum absolute atomic E-state index is 0. The third kappa shape index (κ3) is 124. The van der Waals surface area contributed by atoms with Crippen molar-refractivity contribution in [3.8, 4) is 5.75 Å². The molecule has 1 heterocycles. The number of unbranched alkanes of at least 4 members (excludes halogenated alkanes) is 1. The van der Waals surface area contributed by atoms with E-state index in [0.717, 1.165) is 68.6 Å². The van der Waals surface area contributed by atoms with E-state index >= 15 is 0 Å². The second-order valence-corrected chi connectivity index (χ2v) is 16.7. The van der Waals surface area contributed by atoms with Crippen molar-refractivity contribution in [2.45, 2.75) is 134 Å². The number of hydrogen-bond acceptors (Lipinski definition) is 31. The van der Waals surface area contributed by atoms with Crippen LogP contribution in [0.25, 0.3) is 0 Å². The third-order valence-electron chi connectivity index (χ3n) is 8.17. The summed E-state index contributed by atoms with van der Waals surface area (Å²) in [5.41, 5.74) is 76.3. The molecule has 1 aliphatic heterocycles. The molecule has 8 atom stereocenters. The summed E-state index contributed by atoms with van der Waals surface area (Å²) >= 11 is 7.48. The maximum absolute atomic E-state index is 10.2. The van der Waals surface area contributed by atoms with Crippen molar-refractivity contribution < 1.29 is 72.2 Å². The van der Waals surface area contributed by atoms with Gasteiger partial charge in [-0.15, -0.1) is 0 Å². The monoisotopic (exact) mass is 1310 g/mol. The van der Waals surface area contributed by atoms with Crippen molar-refractivity contribution in [1.82, 2.24) is 5.32 Å². The standard InChI is InChI=1S/C9H11NO2.C9H11NO.C6H14N2O.C5H10N2O2.C5H9NO.C4H8N2O2.2C3H7NOS.4C2H5NO.C2H6.CH5N.CH4/c10-8(6-11)5-7-1-3-9(12)4-2-7;10-9(7-11)6-8-4-2-1-3-5-8;7-4-2-1-3-6(8)5-9;6-4(3-8)1-2-5(7)9;7-4-5-2-1-3-6-5;5-3(2-7)1-4(6)8;2*4-3(1-5)2-6;4*3-1-2-4;2*1-2;/h1-4,6,8,12H,5,10H2;1-5,7,9H,6,10H2;5-6H,1-4,7-8H2;3-4H,1-2,6H2,(H2,7,9);4-6H,1-3H2;2-3H,1,5H2,(H2,6,8);2*1,3,6H,2,4H2;4*2H,1,3H2;1-2H3;2H2,1H3;1H4/t8-;9-;6-;4-;5-;3*3-;;;;;;;/m00000011......./s1. The summed E-state index contributed by atoms with van der Waals surface area (Å²) in [5.74, 6) is 0.114. The fourth-order valence-electron chi connectivity index (χ4n) is 4.05. The molecular formula is C56H112N16O15S2. The Morgan fingerprint density at radius 2 is 0.854 bits per heavy atom. The zero-order valence-electron chi connectivity index (χ0n) is 51.2. The van der Waals surface area contributed by atoms with Gasteiger partial charge in [-0.05, 0) is 88.3 Å². The first kappa shape index (κ1) is 110. The number of amides is 2. The predicted octanol–water partition coefficient (Wildman–Crippen LogP) is -5.34. The summed E-state index contributed by atoms with van der Waals surface area (Å²) in [4.78, 5) is 135. The summed E-state index contributed by atoms with van der Waals surface area (Å²) in [7, 11) is 1.50. The lowest BCUT2D eigenvalue weighted by atomic mass is 10.1. The Balaban J connectivity index is -0.0000000734. The van der Waals surface area contributed by atoms with Crippen molar-refractivity contribution in [3.05, 3.63) is 65.7 Å². The molecular weight excluding hydrogens is 1200 g/mol. The number of aldehydes is 12. The Hall–Kier alpha value is -6.64. The van der Waals surface area contributed by atoms with Crippen LogP contribution in [0.4, 0.5) is 0 Å². The molecule has 2 amide bonds. The number of nitrogens with one attached hydrogen (secondary N) is 1. The molecule has 89 heavy (non-hydrogen) atoms. The van der Waals surface area contributed by atoms with E-state index in [1.165, 1.54) is 7.05 Å². The lowest BCUT2D eigenvalue weighted by molar-refractivity contribution is -0.120. The fourth-order valence-corrected chi connectivity index (χ4v) is 4.22. The first-order chi connectivity index (χ1) is 41.9. The smallest absolute Gasteiger partial charge is 0.219 e. The summed E-state index contributed by atoms with van der Waals surface area (Å²) in [6.07, 6.45) is 14.8. The first-order valence-electron chi connectivity index (χ1n) is 27.0.